The standard InChI is InChI=1S/C24H27NO4/c1-17-14-19-8-5-6-10-21(19)25(17)13-7-9-20(26)12-11-18-15-22(27-2)24(29-4)23(16-18)28-3/h5-6,8,10-12,14-16H,7,9,13H2,1-4H3/b12-11+. The van der Waals surface area contributed by atoms with Crippen LogP contribution in [0.4, 0.5) is 0 Å². The topological polar surface area (TPSA) is 49.7 Å². The van der Waals surface area contributed by atoms with Crippen molar-refractivity contribution in [3.63, 3.8) is 0 Å². The Bertz CT molecular complexity index is 1010. The Hall–Kier alpha value is -3.21. The second-order valence-electron chi connectivity index (χ2n) is 6.86. The van der Waals surface area contributed by atoms with Crippen molar-refractivity contribution in [1.82, 2.24) is 4.57 Å². The van der Waals surface area contributed by atoms with E-state index in [-0.39, 0.29) is 5.78 Å². The smallest absolute Gasteiger partial charge is 0.203 e. The molecule has 0 aliphatic carbocycles. The third-order valence-electron chi connectivity index (χ3n) is 4.97. The number of hydrogen-bond acceptors (Lipinski definition) is 4. The number of methoxy groups -OCH3 is 3. The van der Waals surface area contributed by atoms with Crippen molar-refractivity contribution in [3.05, 3.63) is 59.8 Å². The number of benzene rings is 2. The van der Waals surface area contributed by atoms with Gasteiger partial charge in [0.05, 0.1) is 21.3 Å². The summed E-state index contributed by atoms with van der Waals surface area (Å²) in [4.78, 5) is 12.3. The van der Waals surface area contributed by atoms with Crippen molar-refractivity contribution in [2.24, 2.45) is 0 Å². The second-order valence-corrected chi connectivity index (χ2v) is 6.86. The van der Waals surface area contributed by atoms with Crippen molar-refractivity contribution in [2.75, 3.05) is 21.3 Å². The average Bonchev–Trinajstić information content (AvgIpc) is 3.06. The molecule has 0 aliphatic rings. The van der Waals surface area contributed by atoms with Gasteiger partial charge in [0.2, 0.25) is 5.75 Å². The first-order chi connectivity index (χ1) is 14.1. The van der Waals surface area contributed by atoms with Gasteiger partial charge in [0.25, 0.3) is 0 Å². The molecular formula is C24H27NO4. The highest BCUT2D eigenvalue weighted by atomic mass is 16.5. The number of rotatable bonds is 9. The molecule has 0 N–H and O–H groups in total. The fourth-order valence-corrected chi connectivity index (χ4v) is 3.53. The molecule has 0 unspecified atom stereocenters. The molecule has 3 rings (SSSR count). The fraction of sp³-hybridized carbons (Fsp3) is 0.292. The van der Waals surface area contributed by atoms with Crippen molar-refractivity contribution in [3.8, 4) is 17.2 Å². The highest BCUT2D eigenvalue weighted by Crippen LogP contribution is 2.38. The Kier molecular flexibility index (Phi) is 6.60. The number of para-hydroxylation sites is 1. The van der Waals surface area contributed by atoms with Gasteiger partial charge in [0, 0.05) is 24.2 Å². The van der Waals surface area contributed by atoms with Crippen LogP contribution in [0.3, 0.4) is 0 Å². The SMILES string of the molecule is COc1cc(/C=C/C(=O)CCCn2c(C)cc3ccccc32)cc(OC)c1OC. The van der Waals surface area contributed by atoms with Crippen molar-refractivity contribution in [2.45, 2.75) is 26.3 Å². The van der Waals surface area contributed by atoms with Crippen LogP contribution in [0.15, 0.2) is 48.5 Å². The van der Waals surface area contributed by atoms with E-state index in [4.69, 9.17) is 14.2 Å². The lowest BCUT2D eigenvalue weighted by atomic mass is 10.1. The molecule has 1 heterocycles. The third-order valence-corrected chi connectivity index (χ3v) is 4.97. The highest BCUT2D eigenvalue weighted by Gasteiger charge is 2.12. The summed E-state index contributed by atoms with van der Waals surface area (Å²) < 4.78 is 18.3. The van der Waals surface area contributed by atoms with Crippen LogP contribution in [0.5, 0.6) is 17.2 Å². The summed E-state index contributed by atoms with van der Waals surface area (Å²) in [6.07, 6.45) is 4.68. The monoisotopic (exact) mass is 393 g/mol. The third kappa shape index (κ3) is 4.62. The fourth-order valence-electron chi connectivity index (χ4n) is 3.53. The molecule has 0 fully saturated rings. The minimum absolute atomic E-state index is 0.0906. The summed E-state index contributed by atoms with van der Waals surface area (Å²) >= 11 is 0. The number of carbonyl (C=O) groups is 1. The molecule has 5 nitrogen and oxygen atoms in total. The lowest BCUT2D eigenvalue weighted by Crippen LogP contribution is -2.02. The first-order valence-corrected chi connectivity index (χ1v) is 9.63. The largest absolute Gasteiger partial charge is 0.493 e. The molecule has 152 valence electrons. The molecule has 5 heteroatoms. The van der Waals surface area contributed by atoms with Gasteiger partial charge < -0.3 is 18.8 Å². The number of allylic oxidation sites excluding steroid dienone is 1. The average molecular weight is 393 g/mol. The molecule has 29 heavy (non-hydrogen) atoms. The zero-order valence-corrected chi connectivity index (χ0v) is 17.4. The van der Waals surface area contributed by atoms with Gasteiger partial charge in [-0.25, -0.2) is 0 Å². The Morgan fingerprint density at radius 3 is 2.34 bits per heavy atom. The molecule has 1 aromatic heterocycles. The number of hydrogen-bond donors (Lipinski definition) is 0. The van der Waals surface area contributed by atoms with Crippen LogP contribution < -0.4 is 14.2 Å². The van der Waals surface area contributed by atoms with E-state index in [0.717, 1.165) is 18.5 Å². The van der Waals surface area contributed by atoms with E-state index < -0.39 is 0 Å². The number of ether oxygens (including phenoxy) is 3. The lowest BCUT2D eigenvalue weighted by molar-refractivity contribution is -0.114. The summed E-state index contributed by atoms with van der Waals surface area (Å²) in [7, 11) is 4.71. The molecule has 0 radical (unpaired) electrons. The number of aryl methyl sites for hydroxylation is 2. The van der Waals surface area contributed by atoms with Crippen LogP contribution in [0.25, 0.3) is 17.0 Å². The Labute approximate surface area is 171 Å². The number of carbonyl (C=O) groups excluding carboxylic acids is 1. The van der Waals surface area contributed by atoms with Gasteiger partial charge in [-0.1, -0.05) is 24.3 Å². The van der Waals surface area contributed by atoms with Gasteiger partial charge in [-0.15, -0.1) is 0 Å². The maximum absolute atomic E-state index is 12.3. The Balaban J connectivity index is 1.63. The first kappa shape index (κ1) is 20.5. The van der Waals surface area contributed by atoms with Gasteiger partial charge in [0.15, 0.2) is 17.3 Å². The summed E-state index contributed by atoms with van der Waals surface area (Å²) in [5.41, 5.74) is 3.25. The number of ketones is 1. The van der Waals surface area contributed by atoms with Gasteiger partial charge in [-0.3, -0.25) is 4.79 Å². The van der Waals surface area contributed by atoms with E-state index >= 15 is 0 Å². The molecule has 0 spiro atoms. The molecule has 0 bridgehead atoms. The molecule has 2 aromatic carbocycles. The first-order valence-electron chi connectivity index (χ1n) is 9.63. The van der Waals surface area contributed by atoms with Gasteiger partial charge in [0.1, 0.15) is 0 Å². The summed E-state index contributed by atoms with van der Waals surface area (Å²) in [5.74, 6) is 1.75. The van der Waals surface area contributed by atoms with E-state index in [2.05, 4.69) is 29.7 Å². The Morgan fingerprint density at radius 2 is 1.69 bits per heavy atom. The molecule has 0 saturated heterocycles. The Morgan fingerprint density at radius 1 is 1.00 bits per heavy atom. The van der Waals surface area contributed by atoms with E-state index in [1.165, 1.54) is 16.6 Å². The van der Waals surface area contributed by atoms with E-state index in [1.54, 1.807) is 33.5 Å². The van der Waals surface area contributed by atoms with Crippen LogP contribution >= 0.6 is 0 Å². The minimum atomic E-state index is 0.0906. The number of nitrogens with zero attached hydrogens (tertiary/aromatic N) is 1. The summed E-state index contributed by atoms with van der Waals surface area (Å²) in [6.45, 7) is 2.93. The predicted octanol–water partition coefficient (Wildman–Crippen LogP) is 5.04. The zero-order chi connectivity index (χ0) is 20.8. The van der Waals surface area contributed by atoms with Crippen LogP contribution in [0, 0.1) is 6.92 Å². The van der Waals surface area contributed by atoms with Crippen LogP contribution in [-0.2, 0) is 11.3 Å². The molecule has 0 saturated carbocycles. The predicted molar refractivity (Wildman–Crippen MR) is 116 cm³/mol. The van der Waals surface area contributed by atoms with Crippen LogP contribution in [0.1, 0.15) is 24.1 Å². The molecule has 3 aromatic rings. The van der Waals surface area contributed by atoms with E-state index in [1.807, 2.05) is 24.3 Å². The number of aromatic nitrogens is 1. The van der Waals surface area contributed by atoms with E-state index in [9.17, 15) is 4.79 Å². The minimum Gasteiger partial charge on any atom is -0.493 e. The quantitative estimate of drug-likeness (QED) is 0.478. The summed E-state index contributed by atoms with van der Waals surface area (Å²) in [6, 6.07) is 14.1. The second kappa shape index (κ2) is 9.32. The maximum Gasteiger partial charge on any atom is 0.203 e. The normalized spacial score (nSPS) is 11.2. The zero-order valence-electron chi connectivity index (χ0n) is 17.4. The summed E-state index contributed by atoms with van der Waals surface area (Å²) in [5, 5.41) is 1.23. The molecule has 0 amide bonds. The van der Waals surface area contributed by atoms with Gasteiger partial charge >= 0.3 is 0 Å². The van der Waals surface area contributed by atoms with Gasteiger partial charge in [-0.05, 0) is 54.6 Å². The maximum atomic E-state index is 12.3. The van der Waals surface area contributed by atoms with Crippen molar-refractivity contribution < 1.29 is 19.0 Å². The highest BCUT2D eigenvalue weighted by molar-refractivity contribution is 5.93. The van der Waals surface area contributed by atoms with Crippen LogP contribution in [0.2, 0.25) is 0 Å². The molecule has 0 atom stereocenters. The number of fused-ring (bicyclic) bond motifs is 1. The van der Waals surface area contributed by atoms with Crippen molar-refractivity contribution >= 4 is 22.8 Å². The lowest BCUT2D eigenvalue weighted by Gasteiger charge is -2.12. The van der Waals surface area contributed by atoms with Crippen LogP contribution in [-0.4, -0.2) is 31.7 Å². The molecular weight excluding hydrogens is 366 g/mol. The van der Waals surface area contributed by atoms with Crippen molar-refractivity contribution in [1.29, 1.82) is 0 Å². The van der Waals surface area contributed by atoms with Gasteiger partial charge in [-0.2, -0.15) is 0 Å². The van der Waals surface area contributed by atoms with E-state index in [0.29, 0.717) is 23.7 Å². The molecule has 0 aliphatic heterocycles.